The van der Waals surface area contributed by atoms with Gasteiger partial charge in [-0.1, -0.05) is 26.0 Å². The van der Waals surface area contributed by atoms with Crippen LogP contribution >= 0.6 is 0 Å². The lowest BCUT2D eigenvalue weighted by Gasteiger charge is -2.30. The van der Waals surface area contributed by atoms with E-state index in [0.29, 0.717) is 24.7 Å². The second kappa shape index (κ2) is 10.0. The number of rotatable bonds is 8. The lowest BCUT2D eigenvalue weighted by atomic mass is 10.2. The Labute approximate surface area is 166 Å². The highest BCUT2D eigenvalue weighted by atomic mass is 16.5. The van der Waals surface area contributed by atoms with Gasteiger partial charge in [-0.25, -0.2) is 9.97 Å². The Kier molecular flexibility index (Phi) is 7.19. The van der Waals surface area contributed by atoms with Crippen LogP contribution in [0.2, 0.25) is 0 Å². The predicted octanol–water partition coefficient (Wildman–Crippen LogP) is 3.19. The molecule has 0 saturated carbocycles. The molecular weight excluding hydrogens is 354 g/mol. The number of benzene rings is 1. The minimum Gasteiger partial charge on any atom is -0.378 e. The summed E-state index contributed by atoms with van der Waals surface area (Å²) in [6.45, 7) is 9.11. The van der Waals surface area contributed by atoms with Crippen LogP contribution in [-0.2, 0) is 4.74 Å². The van der Waals surface area contributed by atoms with Crippen LogP contribution in [0.15, 0.2) is 36.7 Å². The van der Waals surface area contributed by atoms with E-state index in [1.54, 1.807) is 12.4 Å². The molecule has 1 amide bonds. The molecule has 0 radical (unpaired) electrons. The van der Waals surface area contributed by atoms with Gasteiger partial charge in [0.2, 0.25) is 5.95 Å². The first-order valence-electron chi connectivity index (χ1n) is 10.0. The molecule has 3 rings (SSSR count). The van der Waals surface area contributed by atoms with Gasteiger partial charge in [-0.3, -0.25) is 4.79 Å². The molecular formula is C21H29N5O2. The number of nitrogens with one attached hydrogen (secondary N) is 1. The van der Waals surface area contributed by atoms with Crippen LogP contribution in [0.1, 0.15) is 37.0 Å². The van der Waals surface area contributed by atoms with Crippen molar-refractivity contribution in [3.63, 3.8) is 0 Å². The zero-order valence-corrected chi connectivity index (χ0v) is 16.7. The quantitative estimate of drug-likeness (QED) is 0.755. The average Bonchev–Trinajstić information content (AvgIpc) is 2.75. The molecule has 0 atom stereocenters. The normalized spacial score (nSPS) is 14.0. The van der Waals surface area contributed by atoms with Crippen molar-refractivity contribution >= 4 is 23.2 Å². The van der Waals surface area contributed by atoms with Crippen LogP contribution in [-0.4, -0.2) is 55.3 Å². The van der Waals surface area contributed by atoms with E-state index >= 15 is 0 Å². The Morgan fingerprint density at radius 3 is 2.39 bits per heavy atom. The number of carbonyl (C=O) groups is 1. The molecule has 1 saturated heterocycles. The van der Waals surface area contributed by atoms with E-state index in [9.17, 15) is 4.79 Å². The van der Waals surface area contributed by atoms with Gasteiger partial charge in [-0.2, -0.15) is 0 Å². The van der Waals surface area contributed by atoms with Crippen LogP contribution < -0.4 is 15.1 Å². The lowest BCUT2D eigenvalue weighted by molar-refractivity contribution is 0.102. The second-order valence-corrected chi connectivity index (χ2v) is 6.83. The molecule has 0 aliphatic carbocycles. The number of aromatic nitrogens is 2. The van der Waals surface area contributed by atoms with E-state index in [-0.39, 0.29) is 5.91 Å². The van der Waals surface area contributed by atoms with Crippen molar-refractivity contribution < 1.29 is 9.53 Å². The van der Waals surface area contributed by atoms with Crippen molar-refractivity contribution in [3.8, 4) is 0 Å². The van der Waals surface area contributed by atoms with Gasteiger partial charge < -0.3 is 19.9 Å². The van der Waals surface area contributed by atoms with Crippen LogP contribution in [0.25, 0.3) is 0 Å². The maximum atomic E-state index is 12.7. The zero-order valence-electron chi connectivity index (χ0n) is 16.7. The summed E-state index contributed by atoms with van der Waals surface area (Å²) in [5.41, 5.74) is 2.25. The van der Waals surface area contributed by atoms with Gasteiger partial charge in [-0.05, 0) is 25.0 Å². The Morgan fingerprint density at radius 1 is 1.11 bits per heavy atom. The maximum absolute atomic E-state index is 12.7. The molecule has 0 bridgehead atoms. The highest BCUT2D eigenvalue weighted by Crippen LogP contribution is 2.26. The van der Waals surface area contributed by atoms with E-state index in [0.717, 1.165) is 50.4 Å². The number of morpholine rings is 1. The second-order valence-electron chi connectivity index (χ2n) is 6.83. The SMILES string of the molecule is CCCN(CCC)c1ncc(C(=O)Nc2ccccc2N2CCOCC2)cn1. The molecule has 1 fully saturated rings. The Balaban J connectivity index is 1.71. The Hall–Kier alpha value is -2.67. The third kappa shape index (κ3) is 4.98. The average molecular weight is 383 g/mol. The summed E-state index contributed by atoms with van der Waals surface area (Å²) in [4.78, 5) is 25.9. The number of hydrogen-bond acceptors (Lipinski definition) is 6. The van der Waals surface area contributed by atoms with Gasteiger partial charge in [0.05, 0.1) is 30.2 Å². The summed E-state index contributed by atoms with van der Waals surface area (Å²) in [5, 5.41) is 3.01. The molecule has 0 unspecified atom stereocenters. The van der Waals surface area contributed by atoms with Crippen molar-refractivity contribution in [1.82, 2.24) is 9.97 Å². The predicted molar refractivity (Wildman–Crippen MR) is 112 cm³/mol. The third-order valence-corrected chi connectivity index (χ3v) is 4.67. The van der Waals surface area contributed by atoms with Crippen LogP contribution in [0, 0.1) is 0 Å². The van der Waals surface area contributed by atoms with Crippen molar-refractivity contribution in [2.24, 2.45) is 0 Å². The number of para-hydroxylation sites is 2. The van der Waals surface area contributed by atoms with Gasteiger partial charge in [0.25, 0.3) is 5.91 Å². The summed E-state index contributed by atoms with van der Waals surface area (Å²) in [7, 11) is 0. The molecule has 1 aliphatic rings. The van der Waals surface area contributed by atoms with Gasteiger partial charge >= 0.3 is 0 Å². The minimum absolute atomic E-state index is 0.204. The van der Waals surface area contributed by atoms with E-state index in [1.807, 2.05) is 24.3 Å². The van der Waals surface area contributed by atoms with Crippen LogP contribution in [0.4, 0.5) is 17.3 Å². The Bertz CT molecular complexity index is 754. The van der Waals surface area contributed by atoms with E-state index < -0.39 is 0 Å². The zero-order chi connectivity index (χ0) is 19.8. The molecule has 150 valence electrons. The van der Waals surface area contributed by atoms with Gasteiger partial charge in [0.1, 0.15) is 0 Å². The number of ether oxygens (including phenoxy) is 1. The fourth-order valence-electron chi connectivity index (χ4n) is 3.31. The monoisotopic (exact) mass is 383 g/mol. The molecule has 1 N–H and O–H groups in total. The Morgan fingerprint density at radius 2 is 1.75 bits per heavy atom. The first-order chi connectivity index (χ1) is 13.7. The summed E-state index contributed by atoms with van der Waals surface area (Å²) < 4.78 is 5.43. The first-order valence-corrected chi connectivity index (χ1v) is 10.0. The van der Waals surface area contributed by atoms with E-state index in [1.165, 1.54) is 0 Å². The lowest BCUT2D eigenvalue weighted by Crippen LogP contribution is -2.36. The fourth-order valence-corrected chi connectivity index (χ4v) is 3.31. The third-order valence-electron chi connectivity index (χ3n) is 4.67. The topological polar surface area (TPSA) is 70.6 Å². The van der Waals surface area contributed by atoms with Gasteiger partial charge in [0, 0.05) is 38.6 Å². The number of hydrogen-bond donors (Lipinski definition) is 1. The summed E-state index contributed by atoms with van der Waals surface area (Å²) in [6, 6.07) is 7.84. The summed E-state index contributed by atoms with van der Waals surface area (Å²) in [5.74, 6) is 0.471. The van der Waals surface area contributed by atoms with Crippen molar-refractivity contribution in [2.45, 2.75) is 26.7 Å². The molecule has 7 nitrogen and oxygen atoms in total. The van der Waals surface area contributed by atoms with Crippen LogP contribution in [0.3, 0.4) is 0 Å². The highest BCUT2D eigenvalue weighted by Gasteiger charge is 2.17. The van der Waals surface area contributed by atoms with Crippen molar-refractivity contribution in [3.05, 3.63) is 42.2 Å². The molecule has 1 aliphatic heterocycles. The minimum atomic E-state index is -0.204. The molecule has 7 heteroatoms. The summed E-state index contributed by atoms with van der Waals surface area (Å²) in [6.07, 6.45) is 5.27. The number of amides is 1. The molecule has 1 aromatic heterocycles. The summed E-state index contributed by atoms with van der Waals surface area (Å²) >= 11 is 0. The van der Waals surface area contributed by atoms with Gasteiger partial charge in [-0.15, -0.1) is 0 Å². The number of anilines is 3. The highest BCUT2D eigenvalue weighted by molar-refractivity contribution is 6.05. The van der Waals surface area contributed by atoms with Crippen molar-refractivity contribution in [1.29, 1.82) is 0 Å². The van der Waals surface area contributed by atoms with E-state index in [4.69, 9.17) is 4.74 Å². The van der Waals surface area contributed by atoms with E-state index in [2.05, 4.69) is 38.9 Å². The maximum Gasteiger partial charge on any atom is 0.258 e. The number of nitrogens with zero attached hydrogens (tertiary/aromatic N) is 4. The molecule has 28 heavy (non-hydrogen) atoms. The van der Waals surface area contributed by atoms with Crippen LogP contribution in [0.5, 0.6) is 0 Å². The van der Waals surface area contributed by atoms with Crippen molar-refractivity contribution in [2.75, 3.05) is 54.5 Å². The molecule has 2 aromatic rings. The molecule has 0 spiro atoms. The smallest absolute Gasteiger partial charge is 0.258 e. The molecule has 2 heterocycles. The van der Waals surface area contributed by atoms with Gasteiger partial charge in [0.15, 0.2) is 0 Å². The fraction of sp³-hybridized carbons (Fsp3) is 0.476. The number of carbonyl (C=O) groups excluding carboxylic acids is 1. The molecule has 1 aromatic carbocycles. The first kappa shape index (κ1) is 20.1. The standard InChI is InChI=1S/C21H29N5O2/c1-3-9-26(10-4-2)21-22-15-17(16-23-21)20(27)24-18-7-5-6-8-19(18)25-11-13-28-14-12-25/h5-8,15-16H,3-4,9-14H2,1-2H3,(H,24,27). The largest absolute Gasteiger partial charge is 0.378 e.